The number of nitrogens with zero attached hydrogens (tertiary/aromatic N) is 3. The van der Waals surface area contributed by atoms with Gasteiger partial charge in [0.2, 0.25) is 5.25 Å². The van der Waals surface area contributed by atoms with Gasteiger partial charge in [0.05, 0.1) is 11.8 Å². The van der Waals surface area contributed by atoms with Crippen LogP contribution in [-0.4, -0.2) is 48.3 Å². The number of aromatic nitrogens is 3. The Morgan fingerprint density at radius 3 is 2.43 bits per heavy atom. The number of hydrogen-bond acceptors (Lipinski definition) is 6. The lowest BCUT2D eigenvalue weighted by molar-refractivity contribution is -0.146. The number of hydrogen-bond donors (Lipinski definition) is 2. The maximum absolute atomic E-state index is 11.3. The molecule has 1 heterocycles. The fraction of sp³-hybridized carbons (Fsp3) is 0.263. The van der Waals surface area contributed by atoms with E-state index in [0.717, 1.165) is 35.1 Å². The summed E-state index contributed by atoms with van der Waals surface area (Å²) in [5, 5.41) is 26.8. The van der Waals surface area contributed by atoms with Gasteiger partial charge in [-0.25, -0.2) is 0 Å². The lowest BCUT2D eigenvalue weighted by Gasteiger charge is -2.15. The highest BCUT2D eigenvalue weighted by Gasteiger charge is 2.30. The maximum Gasteiger partial charge on any atom is 0.328 e. The molecule has 1 aromatic heterocycles. The number of carbonyl (C=O) groups is 2. The first-order valence-electron chi connectivity index (χ1n) is 8.69. The zero-order chi connectivity index (χ0) is 19.8. The zero-order valence-electron chi connectivity index (χ0n) is 14.9. The van der Waals surface area contributed by atoms with Crippen LogP contribution in [0.2, 0.25) is 0 Å². The van der Waals surface area contributed by atoms with Crippen LogP contribution in [0.15, 0.2) is 41.6 Å². The maximum atomic E-state index is 11.3. The van der Waals surface area contributed by atoms with Crippen molar-refractivity contribution in [1.82, 2.24) is 14.8 Å². The lowest BCUT2D eigenvalue weighted by Crippen LogP contribution is -2.26. The largest absolute Gasteiger partial charge is 0.490 e. The molecule has 8 nitrogen and oxygen atoms in total. The number of benzene rings is 2. The molecule has 2 aromatic carbocycles. The Kier molecular flexibility index (Phi) is 4.68. The van der Waals surface area contributed by atoms with Crippen molar-refractivity contribution in [3.63, 3.8) is 0 Å². The molecule has 1 aliphatic rings. The third-order valence-electron chi connectivity index (χ3n) is 4.39. The number of aryl methyl sites for hydroxylation is 1. The highest BCUT2D eigenvalue weighted by Crippen LogP contribution is 2.36. The Morgan fingerprint density at radius 2 is 1.79 bits per heavy atom. The van der Waals surface area contributed by atoms with Crippen molar-refractivity contribution in [3.05, 3.63) is 42.2 Å². The highest BCUT2D eigenvalue weighted by molar-refractivity contribution is 8.01. The molecule has 144 valence electrons. The topological polar surface area (TPSA) is 115 Å². The second kappa shape index (κ2) is 7.16. The van der Waals surface area contributed by atoms with Gasteiger partial charge in [-0.15, -0.1) is 10.2 Å². The van der Waals surface area contributed by atoms with Crippen LogP contribution in [0, 0.1) is 6.92 Å². The van der Waals surface area contributed by atoms with Crippen molar-refractivity contribution >= 4 is 34.5 Å². The standard InChI is InChI=1S/C19H17N3O5S/c1-10-20-21-19(28-16(17(23)24)18(25)26)22(10)14-8-9-15(27-11-6-7-11)13-5-3-2-4-12(13)14/h2-5,8-9,11,16H,6-7H2,1H3,(H,23,24)(H,25,26). The molecule has 0 amide bonds. The minimum atomic E-state index is -1.67. The first kappa shape index (κ1) is 18.3. The highest BCUT2D eigenvalue weighted by atomic mass is 32.2. The lowest BCUT2D eigenvalue weighted by atomic mass is 10.1. The molecular weight excluding hydrogens is 382 g/mol. The SMILES string of the molecule is Cc1nnc(SC(C(=O)O)C(=O)O)n1-c1ccc(OC2CC2)c2ccccc12. The smallest absolute Gasteiger partial charge is 0.328 e. The first-order valence-corrected chi connectivity index (χ1v) is 9.56. The van der Waals surface area contributed by atoms with Crippen molar-refractivity contribution in [1.29, 1.82) is 0 Å². The second-order valence-corrected chi connectivity index (χ2v) is 7.56. The summed E-state index contributed by atoms with van der Waals surface area (Å²) in [6, 6.07) is 11.4. The van der Waals surface area contributed by atoms with Crippen LogP contribution < -0.4 is 4.74 Å². The molecule has 0 radical (unpaired) electrons. The van der Waals surface area contributed by atoms with Crippen LogP contribution in [0.4, 0.5) is 0 Å². The van der Waals surface area contributed by atoms with E-state index in [4.69, 9.17) is 4.74 Å². The van der Waals surface area contributed by atoms with E-state index in [2.05, 4.69) is 10.2 Å². The van der Waals surface area contributed by atoms with Gasteiger partial charge in [0.15, 0.2) is 5.16 Å². The monoisotopic (exact) mass is 399 g/mol. The van der Waals surface area contributed by atoms with Gasteiger partial charge in [-0.3, -0.25) is 14.2 Å². The number of rotatable bonds is 7. The summed E-state index contributed by atoms with van der Waals surface area (Å²) in [6.07, 6.45) is 2.35. The molecule has 1 aliphatic carbocycles. The van der Waals surface area contributed by atoms with Crippen molar-refractivity contribution in [3.8, 4) is 11.4 Å². The van der Waals surface area contributed by atoms with Gasteiger partial charge in [-0.05, 0) is 31.9 Å². The van der Waals surface area contributed by atoms with E-state index in [1.165, 1.54) is 0 Å². The molecule has 3 aromatic rings. The number of thioether (sulfide) groups is 1. The minimum Gasteiger partial charge on any atom is -0.490 e. The molecule has 0 spiro atoms. The van der Waals surface area contributed by atoms with Gasteiger partial charge in [0.1, 0.15) is 11.6 Å². The third-order valence-corrected chi connectivity index (χ3v) is 5.50. The predicted molar refractivity (Wildman–Crippen MR) is 102 cm³/mol. The van der Waals surface area contributed by atoms with Crippen molar-refractivity contribution < 1.29 is 24.5 Å². The Bertz CT molecular complexity index is 1060. The molecule has 0 atom stereocenters. The summed E-state index contributed by atoms with van der Waals surface area (Å²) in [4.78, 5) is 22.6. The van der Waals surface area contributed by atoms with E-state index in [9.17, 15) is 19.8 Å². The van der Waals surface area contributed by atoms with E-state index in [1.54, 1.807) is 11.5 Å². The summed E-state index contributed by atoms with van der Waals surface area (Å²) in [5.74, 6) is -1.57. The Labute approximate surface area is 164 Å². The van der Waals surface area contributed by atoms with Crippen LogP contribution in [0.3, 0.4) is 0 Å². The fourth-order valence-electron chi connectivity index (χ4n) is 2.93. The summed E-state index contributed by atoms with van der Waals surface area (Å²) in [6.45, 7) is 1.73. The Morgan fingerprint density at radius 1 is 1.11 bits per heavy atom. The van der Waals surface area contributed by atoms with Gasteiger partial charge in [-0.2, -0.15) is 0 Å². The molecule has 1 saturated carbocycles. The summed E-state index contributed by atoms with van der Waals surface area (Å²) >= 11 is 0.640. The van der Waals surface area contributed by atoms with E-state index in [1.807, 2.05) is 36.4 Å². The molecule has 0 aliphatic heterocycles. The van der Waals surface area contributed by atoms with Crippen molar-refractivity contribution in [2.24, 2.45) is 0 Å². The molecule has 1 fully saturated rings. The fourth-order valence-corrected chi connectivity index (χ4v) is 3.76. The van der Waals surface area contributed by atoms with Gasteiger partial charge in [-0.1, -0.05) is 36.0 Å². The molecule has 0 saturated heterocycles. The van der Waals surface area contributed by atoms with Crippen LogP contribution in [-0.2, 0) is 9.59 Å². The van der Waals surface area contributed by atoms with Gasteiger partial charge in [0, 0.05) is 10.8 Å². The number of carboxylic acids is 2. The van der Waals surface area contributed by atoms with Gasteiger partial charge in [0.25, 0.3) is 0 Å². The zero-order valence-corrected chi connectivity index (χ0v) is 15.7. The molecule has 0 unspecified atom stereocenters. The number of carboxylic acid groups (broad SMARTS) is 2. The van der Waals surface area contributed by atoms with E-state index >= 15 is 0 Å². The molecule has 4 rings (SSSR count). The average molecular weight is 399 g/mol. The van der Waals surface area contributed by atoms with Crippen LogP contribution in [0.1, 0.15) is 18.7 Å². The average Bonchev–Trinajstić information content (AvgIpc) is 3.41. The van der Waals surface area contributed by atoms with E-state index < -0.39 is 17.2 Å². The molecular formula is C19H17N3O5S. The van der Waals surface area contributed by atoms with Crippen LogP contribution >= 0.6 is 11.8 Å². The van der Waals surface area contributed by atoms with Crippen molar-refractivity contribution in [2.45, 2.75) is 36.3 Å². The van der Waals surface area contributed by atoms with Crippen LogP contribution in [0.25, 0.3) is 16.5 Å². The summed E-state index contributed by atoms with van der Waals surface area (Å²) in [7, 11) is 0. The van der Waals surface area contributed by atoms with Gasteiger partial charge < -0.3 is 14.9 Å². The van der Waals surface area contributed by atoms with Gasteiger partial charge >= 0.3 is 11.9 Å². The molecule has 9 heteroatoms. The number of fused-ring (bicyclic) bond motifs is 1. The predicted octanol–water partition coefficient (Wildman–Crippen LogP) is 2.90. The quantitative estimate of drug-likeness (QED) is 0.460. The van der Waals surface area contributed by atoms with E-state index in [-0.39, 0.29) is 11.3 Å². The minimum absolute atomic E-state index is 0.202. The first-order chi connectivity index (χ1) is 13.5. The van der Waals surface area contributed by atoms with Crippen molar-refractivity contribution in [2.75, 3.05) is 0 Å². The molecule has 28 heavy (non-hydrogen) atoms. The second-order valence-electron chi connectivity index (χ2n) is 6.49. The summed E-state index contributed by atoms with van der Waals surface area (Å²) in [5.41, 5.74) is 0.735. The summed E-state index contributed by atoms with van der Waals surface area (Å²) < 4.78 is 7.67. The Balaban J connectivity index is 1.82. The number of aliphatic carboxylic acids is 2. The van der Waals surface area contributed by atoms with E-state index in [0.29, 0.717) is 17.6 Å². The molecule has 2 N–H and O–H groups in total. The Hall–Kier alpha value is -3.07. The van der Waals surface area contributed by atoms with Crippen LogP contribution in [0.5, 0.6) is 5.75 Å². The number of ether oxygens (including phenoxy) is 1. The molecule has 0 bridgehead atoms. The third kappa shape index (κ3) is 3.40. The normalized spacial score (nSPS) is 13.8.